The lowest BCUT2D eigenvalue weighted by Gasteiger charge is -2.23. The molecular weight excluding hydrogens is 381 g/mol. The first-order valence-electron chi connectivity index (χ1n) is 9.54. The Morgan fingerprint density at radius 1 is 0.967 bits per heavy atom. The summed E-state index contributed by atoms with van der Waals surface area (Å²) in [5.41, 5.74) is 9.45. The van der Waals surface area contributed by atoms with Gasteiger partial charge in [0.2, 0.25) is 0 Å². The lowest BCUT2D eigenvalue weighted by molar-refractivity contribution is -0.112. The molecule has 0 saturated carbocycles. The van der Waals surface area contributed by atoms with E-state index in [0.29, 0.717) is 22.6 Å². The van der Waals surface area contributed by atoms with Gasteiger partial charge in [-0.25, -0.2) is 9.37 Å². The van der Waals surface area contributed by atoms with E-state index >= 15 is 0 Å². The van der Waals surface area contributed by atoms with Gasteiger partial charge in [0.1, 0.15) is 17.7 Å². The smallest absolute Gasteiger partial charge is 0.293 e. The molecule has 30 heavy (non-hydrogen) atoms. The number of hydrogen-bond acceptors (Lipinski definition) is 4. The summed E-state index contributed by atoms with van der Waals surface area (Å²) in [6.07, 6.45) is 0. The lowest BCUT2D eigenvalue weighted by Crippen LogP contribution is -2.39. The molecule has 0 radical (unpaired) electrons. The SMILES string of the molecule is NC1=NC(c2ccccc2F)c2ccccc2N(Cc2nc3ccccc3[nH]2)C1=O. The minimum atomic E-state index is -0.716. The van der Waals surface area contributed by atoms with Crippen LogP contribution >= 0.6 is 0 Å². The molecule has 4 aromatic rings. The third-order valence-electron chi connectivity index (χ3n) is 5.20. The molecule has 1 aliphatic heterocycles. The highest BCUT2D eigenvalue weighted by atomic mass is 19.1. The van der Waals surface area contributed by atoms with E-state index in [1.807, 2.05) is 48.5 Å². The van der Waals surface area contributed by atoms with Crippen LogP contribution in [-0.4, -0.2) is 21.7 Å². The second-order valence-electron chi connectivity index (χ2n) is 7.09. The highest BCUT2D eigenvalue weighted by molar-refractivity contribution is 6.42. The molecule has 5 rings (SSSR count). The summed E-state index contributed by atoms with van der Waals surface area (Å²) in [5, 5.41) is 0. The number of benzene rings is 3. The molecule has 6 nitrogen and oxygen atoms in total. The molecule has 1 aromatic heterocycles. The zero-order valence-corrected chi connectivity index (χ0v) is 15.9. The van der Waals surface area contributed by atoms with E-state index in [-0.39, 0.29) is 12.4 Å². The van der Waals surface area contributed by atoms with E-state index in [0.717, 1.165) is 11.0 Å². The summed E-state index contributed by atoms with van der Waals surface area (Å²) in [7, 11) is 0. The Morgan fingerprint density at radius 2 is 1.67 bits per heavy atom. The van der Waals surface area contributed by atoms with Crippen LogP contribution in [0.4, 0.5) is 10.1 Å². The van der Waals surface area contributed by atoms with Crippen LogP contribution < -0.4 is 10.6 Å². The van der Waals surface area contributed by atoms with Crippen molar-refractivity contribution in [2.24, 2.45) is 10.7 Å². The Bertz CT molecular complexity index is 1260. The zero-order chi connectivity index (χ0) is 20.7. The molecule has 0 aliphatic carbocycles. The van der Waals surface area contributed by atoms with E-state index in [1.165, 1.54) is 11.0 Å². The first kappa shape index (κ1) is 18.1. The predicted molar refractivity (Wildman–Crippen MR) is 114 cm³/mol. The minimum Gasteiger partial charge on any atom is -0.379 e. The van der Waals surface area contributed by atoms with Gasteiger partial charge >= 0.3 is 0 Å². The molecular formula is C23H18FN5O. The molecule has 1 amide bonds. The van der Waals surface area contributed by atoms with Gasteiger partial charge in [-0.2, -0.15) is 0 Å². The number of nitrogens with one attached hydrogen (secondary N) is 1. The Hall–Kier alpha value is -4.00. The first-order valence-corrected chi connectivity index (χ1v) is 9.54. The standard InChI is InChI=1S/C23H18FN5O/c24-16-9-3-1-7-14(16)21-15-8-2-6-12-19(15)29(23(30)22(25)28-21)13-20-26-17-10-4-5-11-18(17)27-20/h1-12,21H,13H2,(H2,25,28)(H,26,27). The average Bonchev–Trinajstić information content (AvgIpc) is 3.14. The van der Waals surface area contributed by atoms with Gasteiger partial charge in [0.15, 0.2) is 5.84 Å². The van der Waals surface area contributed by atoms with Crippen LogP contribution in [0, 0.1) is 5.82 Å². The zero-order valence-electron chi connectivity index (χ0n) is 15.9. The van der Waals surface area contributed by atoms with Gasteiger partial charge in [-0.3, -0.25) is 14.7 Å². The number of nitrogens with zero attached hydrogens (tertiary/aromatic N) is 3. The van der Waals surface area contributed by atoms with Crippen LogP contribution in [0.15, 0.2) is 77.8 Å². The van der Waals surface area contributed by atoms with Crippen LogP contribution in [0.25, 0.3) is 11.0 Å². The Kier molecular flexibility index (Phi) is 4.28. The summed E-state index contributed by atoms with van der Waals surface area (Å²) in [4.78, 5) is 26.9. The number of nitrogens with two attached hydrogens (primary N) is 1. The van der Waals surface area contributed by atoms with Crippen molar-refractivity contribution in [3.05, 3.63) is 95.6 Å². The van der Waals surface area contributed by atoms with Gasteiger partial charge in [0.05, 0.1) is 23.3 Å². The van der Waals surface area contributed by atoms with Crippen molar-refractivity contribution >= 4 is 28.5 Å². The van der Waals surface area contributed by atoms with E-state index < -0.39 is 17.8 Å². The number of H-pyrrole nitrogens is 1. The number of para-hydroxylation sites is 3. The number of aromatic nitrogens is 2. The fourth-order valence-corrected chi connectivity index (χ4v) is 3.80. The number of carbonyl (C=O) groups is 1. The highest BCUT2D eigenvalue weighted by Gasteiger charge is 2.31. The summed E-state index contributed by atoms with van der Waals surface area (Å²) >= 11 is 0. The van der Waals surface area contributed by atoms with E-state index in [2.05, 4.69) is 15.0 Å². The Morgan fingerprint density at radius 3 is 2.47 bits per heavy atom. The van der Waals surface area contributed by atoms with Crippen molar-refractivity contribution in [1.82, 2.24) is 9.97 Å². The fraction of sp³-hybridized carbons (Fsp3) is 0.0870. The van der Waals surface area contributed by atoms with Gasteiger partial charge in [-0.05, 0) is 24.3 Å². The van der Waals surface area contributed by atoms with Crippen LogP contribution in [0.3, 0.4) is 0 Å². The van der Waals surface area contributed by atoms with E-state index in [4.69, 9.17) is 5.73 Å². The number of imidazole rings is 1. The number of carbonyl (C=O) groups excluding carboxylic acids is 1. The summed E-state index contributed by atoms with van der Waals surface area (Å²) in [5.74, 6) is -0.388. The maximum atomic E-state index is 14.6. The van der Waals surface area contributed by atoms with Crippen molar-refractivity contribution in [3.63, 3.8) is 0 Å². The van der Waals surface area contributed by atoms with Gasteiger partial charge in [-0.15, -0.1) is 0 Å². The summed E-state index contributed by atoms with van der Waals surface area (Å²) in [6.45, 7) is 0.185. The van der Waals surface area contributed by atoms with Crippen molar-refractivity contribution in [1.29, 1.82) is 0 Å². The molecule has 148 valence electrons. The monoisotopic (exact) mass is 399 g/mol. The molecule has 1 unspecified atom stereocenters. The second kappa shape index (κ2) is 7.11. The Labute approximate surface area is 171 Å². The maximum Gasteiger partial charge on any atom is 0.293 e. The number of aromatic amines is 1. The molecule has 1 atom stereocenters. The van der Waals surface area contributed by atoms with Crippen molar-refractivity contribution in [2.75, 3.05) is 4.90 Å². The number of amides is 1. The second-order valence-corrected chi connectivity index (χ2v) is 7.09. The fourth-order valence-electron chi connectivity index (χ4n) is 3.80. The number of anilines is 1. The molecule has 3 N–H and O–H groups in total. The molecule has 0 fully saturated rings. The molecule has 0 spiro atoms. The van der Waals surface area contributed by atoms with Crippen LogP contribution in [0.5, 0.6) is 0 Å². The minimum absolute atomic E-state index is 0.171. The van der Waals surface area contributed by atoms with Gasteiger partial charge < -0.3 is 10.7 Å². The maximum absolute atomic E-state index is 14.6. The molecule has 0 saturated heterocycles. The van der Waals surface area contributed by atoms with Crippen LogP contribution in [0.2, 0.25) is 0 Å². The van der Waals surface area contributed by atoms with Crippen molar-refractivity contribution in [2.45, 2.75) is 12.6 Å². The molecule has 2 heterocycles. The molecule has 3 aromatic carbocycles. The molecule has 7 heteroatoms. The number of hydrogen-bond donors (Lipinski definition) is 2. The van der Waals surface area contributed by atoms with E-state index in [1.54, 1.807) is 18.2 Å². The normalized spacial score (nSPS) is 16.3. The third-order valence-corrected chi connectivity index (χ3v) is 5.20. The van der Waals surface area contributed by atoms with Gasteiger partial charge in [0, 0.05) is 11.1 Å². The average molecular weight is 399 g/mol. The lowest BCUT2D eigenvalue weighted by atomic mass is 9.97. The molecule has 1 aliphatic rings. The van der Waals surface area contributed by atoms with Crippen molar-refractivity contribution in [3.8, 4) is 0 Å². The number of amidine groups is 1. The number of fused-ring (bicyclic) bond motifs is 2. The largest absolute Gasteiger partial charge is 0.379 e. The molecule has 0 bridgehead atoms. The van der Waals surface area contributed by atoms with Gasteiger partial charge in [0.25, 0.3) is 5.91 Å². The topological polar surface area (TPSA) is 87.4 Å². The predicted octanol–water partition coefficient (Wildman–Crippen LogP) is 3.70. The number of aliphatic imine (C=N–C) groups is 1. The first-order chi connectivity index (χ1) is 14.6. The third kappa shape index (κ3) is 3.00. The van der Waals surface area contributed by atoms with Crippen LogP contribution in [0.1, 0.15) is 23.0 Å². The summed E-state index contributed by atoms with van der Waals surface area (Å²) in [6, 6.07) is 20.7. The number of halogens is 1. The number of rotatable bonds is 3. The van der Waals surface area contributed by atoms with Crippen molar-refractivity contribution < 1.29 is 9.18 Å². The van der Waals surface area contributed by atoms with Gasteiger partial charge in [-0.1, -0.05) is 48.5 Å². The van der Waals surface area contributed by atoms with E-state index in [9.17, 15) is 9.18 Å². The highest BCUT2D eigenvalue weighted by Crippen LogP contribution is 2.37. The quantitative estimate of drug-likeness (QED) is 0.551. The summed E-state index contributed by atoms with van der Waals surface area (Å²) < 4.78 is 14.6. The van der Waals surface area contributed by atoms with Crippen LogP contribution in [-0.2, 0) is 11.3 Å². The Balaban J connectivity index is 1.62.